The molecule has 0 saturated carbocycles. The second kappa shape index (κ2) is 6.25. The summed E-state index contributed by atoms with van der Waals surface area (Å²) in [5.74, 6) is 0. The van der Waals surface area contributed by atoms with Gasteiger partial charge in [0.1, 0.15) is 0 Å². The molecular formula is C17H26N2O. The van der Waals surface area contributed by atoms with E-state index < -0.39 is 0 Å². The van der Waals surface area contributed by atoms with Gasteiger partial charge in [0.25, 0.3) is 0 Å². The molecule has 3 nitrogen and oxygen atoms in total. The third-order valence-electron chi connectivity index (χ3n) is 4.75. The van der Waals surface area contributed by atoms with Crippen molar-refractivity contribution in [2.75, 3.05) is 32.7 Å². The number of aliphatic hydroxyl groups excluding tert-OH is 1. The van der Waals surface area contributed by atoms with Gasteiger partial charge in [-0.15, -0.1) is 0 Å². The highest BCUT2D eigenvalue weighted by Crippen LogP contribution is 2.23. The standard InChI is InChI=1S/C17H26N2O/c1-14-5-2-6-15(11-14)17(20)13-18-8-4-10-19-9-3-7-16(19)12-18/h2,5-6,11,16-17,20H,3-4,7-10,12-13H2,1H3. The summed E-state index contributed by atoms with van der Waals surface area (Å²) in [6.07, 6.45) is 3.55. The highest BCUT2D eigenvalue weighted by molar-refractivity contribution is 5.24. The largest absolute Gasteiger partial charge is 0.387 e. The van der Waals surface area contributed by atoms with Crippen molar-refractivity contribution in [3.8, 4) is 0 Å². The topological polar surface area (TPSA) is 26.7 Å². The van der Waals surface area contributed by atoms with Crippen LogP contribution in [0, 0.1) is 6.92 Å². The predicted octanol–water partition coefficient (Wildman–Crippen LogP) is 2.20. The maximum absolute atomic E-state index is 10.5. The SMILES string of the molecule is Cc1cccc(C(O)CN2CCCN3CCCC3C2)c1. The number of β-amino-alcohol motifs (C(OH)–C–C–N with tert-alkyl or cyclic N) is 1. The lowest BCUT2D eigenvalue weighted by Crippen LogP contribution is -2.38. The first-order valence-electron chi connectivity index (χ1n) is 7.93. The molecule has 0 radical (unpaired) electrons. The lowest BCUT2D eigenvalue weighted by Gasteiger charge is -2.27. The Kier molecular flexibility index (Phi) is 4.39. The Morgan fingerprint density at radius 2 is 2.10 bits per heavy atom. The van der Waals surface area contributed by atoms with Gasteiger partial charge >= 0.3 is 0 Å². The van der Waals surface area contributed by atoms with Crippen molar-refractivity contribution < 1.29 is 5.11 Å². The molecule has 1 aromatic rings. The Balaban J connectivity index is 1.61. The van der Waals surface area contributed by atoms with Crippen molar-refractivity contribution in [2.24, 2.45) is 0 Å². The maximum Gasteiger partial charge on any atom is 0.0917 e. The van der Waals surface area contributed by atoms with E-state index in [1.807, 2.05) is 12.1 Å². The molecule has 2 heterocycles. The van der Waals surface area contributed by atoms with Crippen LogP contribution in [0.4, 0.5) is 0 Å². The first kappa shape index (κ1) is 14.1. The molecule has 2 fully saturated rings. The van der Waals surface area contributed by atoms with Crippen LogP contribution in [0.3, 0.4) is 0 Å². The van der Waals surface area contributed by atoms with E-state index in [4.69, 9.17) is 0 Å². The molecule has 0 spiro atoms. The summed E-state index contributed by atoms with van der Waals surface area (Å²) >= 11 is 0. The summed E-state index contributed by atoms with van der Waals surface area (Å²) in [5.41, 5.74) is 2.27. The van der Waals surface area contributed by atoms with Crippen LogP contribution < -0.4 is 0 Å². The summed E-state index contributed by atoms with van der Waals surface area (Å²) < 4.78 is 0. The van der Waals surface area contributed by atoms with Crippen molar-refractivity contribution in [3.05, 3.63) is 35.4 Å². The molecule has 0 aromatic heterocycles. The number of rotatable bonds is 3. The lowest BCUT2D eigenvalue weighted by atomic mass is 10.1. The molecule has 0 amide bonds. The Labute approximate surface area is 122 Å². The number of aliphatic hydroxyl groups is 1. The van der Waals surface area contributed by atoms with E-state index in [9.17, 15) is 5.11 Å². The fraction of sp³-hybridized carbons (Fsp3) is 0.647. The summed E-state index contributed by atoms with van der Waals surface area (Å²) in [6.45, 7) is 7.62. The summed E-state index contributed by atoms with van der Waals surface area (Å²) in [7, 11) is 0. The zero-order valence-electron chi connectivity index (χ0n) is 12.5. The Morgan fingerprint density at radius 3 is 2.95 bits per heavy atom. The predicted molar refractivity (Wildman–Crippen MR) is 81.8 cm³/mol. The molecular weight excluding hydrogens is 248 g/mol. The fourth-order valence-electron chi connectivity index (χ4n) is 3.68. The zero-order valence-corrected chi connectivity index (χ0v) is 12.5. The molecule has 2 aliphatic rings. The van der Waals surface area contributed by atoms with Gasteiger partial charge in [-0.25, -0.2) is 0 Å². The Bertz CT molecular complexity index is 448. The van der Waals surface area contributed by atoms with E-state index in [1.54, 1.807) is 0 Å². The van der Waals surface area contributed by atoms with Crippen molar-refractivity contribution in [3.63, 3.8) is 0 Å². The van der Waals surface area contributed by atoms with Crippen LogP contribution in [-0.4, -0.2) is 53.7 Å². The summed E-state index contributed by atoms with van der Waals surface area (Å²) in [5, 5.41) is 10.5. The van der Waals surface area contributed by atoms with Gasteiger partial charge in [-0.05, 0) is 51.4 Å². The minimum Gasteiger partial charge on any atom is -0.387 e. The van der Waals surface area contributed by atoms with E-state index in [0.717, 1.165) is 31.2 Å². The molecule has 2 atom stereocenters. The molecule has 2 saturated heterocycles. The zero-order chi connectivity index (χ0) is 13.9. The summed E-state index contributed by atoms with van der Waals surface area (Å²) in [4.78, 5) is 5.10. The van der Waals surface area contributed by atoms with Crippen molar-refractivity contribution in [2.45, 2.75) is 38.3 Å². The van der Waals surface area contributed by atoms with Crippen LogP contribution in [-0.2, 0) is 0 Å². The quantitative estimate of drug-likeness (QED) is 0.915. The number of aryl methyl sites for hydroxylation is 1. The normalized spacial score (nSPS) is 26.2. The van der Waals surface area contributed by atoms with Gasteiger partial charge in [-0.3, -0.25) is 9.80 Å². The van der Waals surface area contributed by atoms with Gasteiger partial charge in [0.15, 0.2) is 0 Å². The molecule has 1 aromatic carbocycles. The molecule has 2 aliphatic heterocycles. The van der Waals surface area contributed by atoms with Gasteiger partial charge in [-0.2, -0.15) is 0 Å². The molecule has 2 unspecified atom stereocenters. The first-order valence-corrected chi connectivity index (χ1v) is 7.93. The molecule has 0 aliphatic carbocycles. The van der Waals surface area contributed by atoms with E-state index >= 15 is 0 Å². The second-order valence-corrected chi connectivity index (χ2v) is 6.38. The Morgan fingerprint density at radius 1 is 1.25 bits per heavy atom. The molecule has 1 N–H and O–H groups in total. The monoisotopic (exact) mass is 274 g/mol. The van der Waals surface area contributed by atoms with Crippen LogP contribution in [0.25, 0.3) is 0 Å². The number of benzene rings is 1. The molecule has 0 bridgehead atoms. The van der Waals surface area contributed by atoms with Gasteiger partial charge in [0.05, 0.1) is 6.10 Å². The minimum absolute atomic E-state index is 0.358. The van der Waals surface area contributed by atoms with Crippen LogP contribution in [0.15, 0.2) is 24.3 Å². The van der Waals surface area contributed by atoms with E-state index in [0.29, 0.717) is 0 Å². The highest BCUT2D eigenvalue weighted by Gasteiger charge is 2.29. The third kappa shape index (κ3) is 3.22. The van der Waals surface area contributed by atoms with Gasteiger partial charge < -0.3 is 5.11 Å². The minimum atomic E-state index is -0.358. The number of hydrogen-bond acceptors (Lipinski definition) is 3. The van der Waals surface area contributed by atoms with Crippen molar-refractivity contribution >= 4 is 0 Å². The Hall–Kier alpha value is -0.900. The second-order valence-electron chi connectivity index (χ2n) is 6.38. The fourth-order valence-corrected chi connectivity index (χ4v) is 3.68. The van der Waals surface area contributed by atoms with E-state index in [-0.39, 0.29) is 6.10 Å². The van der Waals surface area contributed by atoms with Gasteiger partial charge in [-0.1, -0.05) is 29.8 Å². The third-order valence-corrected chi connectivity index (χ3v) is 4.75. The first-order chi connectivity index (χ1) is 9.72. The van der Waals surface area contributed by atoms with Crippen LogP contribution in [0.1, 0.15) is 36.5 Å². The highest BCUT2D eigenvalue weighted by atomic mass is 16.3. The van der Waals surface area contributed by atoms with Gasteiger partial charge in [0.2, 0.25) is 0 Å². The average Bonchev–Trinajstić information content (AvgIpc) is 2.78. The lowest BCUT2D eigenvalue weighted by molar-refractivity contribution is 0.108. The number of hydrogen-bond donors (Lipinski definition) is 1. The molecule has 20 heavy (non-hydrogen) atoms. The van der Waals surface area contributed by atoms with Crippen molar-refractivity contribution in [1.82, 2.24) is 9.80 Å². The molecule has 110 valence electrons. The van der Waals surface area contributed by atoms with Crippen LogP contribution in [0.5, 0.6) is 0 Å². The summed E-state index contributed by atoms with van der Waals surface area (Å²) in [6, 6.07) is 8.98. The van der Waals surface area contributed by atoms with E-state index in [1.165, 1.54) is 37.9 Å². The van der Waals surface area contributed by atoms with Crippen molar-refractivity contribution in [1.29, 1.82) is 0 Å². The molecule has 3 rings (SSSR count). The van der Waals surface area contributed by atoms with E-state index in [2.05, 4.69) is 28.9 Å². The van der Waals surface area contributed by atoms with Crippen LogP contribution in [0.2, 0.25) is 0 Å². The maximum atomic E-state index is 10.5. The van der Waals surface area contributed by atoms with Crippen LogP contribution >= 0.6 is 0 Å². The number of fused-ring (bicyclic) bond motifs is 1. The average molecular weight is 274 g/mol. The number of nitrogens with zero attached hydrogens (tertiary/aromatic N) is 2. The van der Waals surface area contributed by atoms with Gasteiger partial charge in [0, 0.05) is 19.1 Å². The smallest absolute Gasteiger partial charge is 0.0917 e. The molecule has 3 heteroatoms.